The minimum atomic E-state index is -1.26. The summed E-state index contributed by atoms with van der Waals surface area (Å²) < 4.78 is 29.6. The van der Waals surface area contributed by atoms with Crippen molar-refractivity contribution in [2.24, 2.45) is 7.05 Å². The second-order valence-corrected chi connectivity index (χ2v) is 8.24. The minimum absolute atomic E-state index is 0.0310. The van der Waals surface area contributed by atoms with Gasteiger partial charge in [0.2, 0.25) is 0 Å². The number of rotatable bonds is 5. The summed E-state index contributed by atoms with van der Waals surface area (Å²) in [5.41, 5.74) is 1.00. The Balaban J connectivity index is 1.92. The normalized spacial score (nSPS) is 12.1. The summed E-state index contributed by atoms with van der Waals surface area (Å²) in [6.45, 7) is 3.57. The van der Waals surface area contributed by atoms with Gasteiger partial charge in [0.1, 0.15) is 11.0 Å². The number of aromatic carboxylic acids is 1. The highest BCUT2D eigenvalue weighted by Crippen LogP contribution is 2.30. The highest BCUT2D eigenvalue weighted by Gasteiger charge is 2.21. The standard InChI is InChI=1S/C24H19ClF2N4O3/c1-11-9-14(12(2)28-17-7-8-18(25)29-21(17)24(33)34)20-15(10-11)23(32)31(3)22(30-20)13-5-4-6-16(26)19(13)27/h4-10,12,28H,1-3H3,(H,33,34)/t12-/m1/s1. The maximum atomic E-state index is 14.5. The highest BCUT2D eigenvalue weighted by molar-refractivity contribution is 6.29. The lowest BCUT2D eigenvalue weighted by molar-refractivity contribution is 0.0691. The van der Waals surface area contributed by atoms with Crippen LogP contribution in [0.2, 0.25) is 5.15 Å². The van der Waals surface area contributed by atoms with Crippen molar-refractivity contribution >= 4 is 34.2 Å². The minimum Gasteiger partial charge on any atom is -0.476 e. The van der Waals surface area contributed by atoms with Crippen molar-refractivity contribution in [3.8, 4) is 11.4 Å². The Hall–Kier alpha value is -3.85. The molecule has 0 radical (unpaired) electrons. The van der Waals surface area contributed by atoms with Crippen LogP contribution in [0.3, 0.4) is 0 Å². The number of anilines is 1. The predicted octanol–water partition coefficient (Wildman–Crippen LogP) is 5.11. The fourth-order valence-corrected chi connectivity index (χ4v) is 3.97. The molecule has 0 bridgehead atoms. The van der Waals surface area contributed by atoms with E-state index in [-0.39, 0.29) is 33.4 Å². The van der Waals surface area contributed by atoms with E-state index in [4.69, 9.17) is 11.6 Å². The summed E-state index contributed by atoms with van der Waals surface area (Å²) in [6.07, 6.45) is 0. The van der Waals surface area contributed by atoms with Crippen LogP contribution in [0, 0.1) is 18.6 Å². The molecule has 0 fully saturated rings. The molecular formula is C24H19ClF2N4O3. The van der Waals surface area contributed by atoms with Crippen LogP contribution in [-0.2, 0) is 7.05 Å². The Labute approximate surface area is 197 Å². The molecule has 0 unspecified atom stereocenters. The van der Waals surface area contributed by atoms with Crippen LogP contribution in [0.15, 0.2) is 47.3 Å². The first-order chi connectivity index (χ1) is 16.1. The van der Waals surface area contributed by atoms with Crippen LogP contribution >= 0.6 is 11.6 Å². The number of aromatic nitrogens is 3. The van der Waals surface area contributed by atoms with Gasteiger partial charge in [0, 0.05) is 12.6 Å². The number of halogens is 3. The fourth-order valence-electron chi connectivity index (χ4n) is 3.83. The summed E-state index contributed by atoms with van der Waals surface area (Å²) >= 11 is 5.84. The Bertz CT molecular complexity index is 1520. The van der Waals surface area contributed by atoms with E-state index in [1.54, 1.807) is 19.1 Å². The largest absolute Gasteiger partial charge is 0.476 e. The molecule has 0 aliphatic heterocycles. The zero-order valence-corrected chi connectivity index (χ0v) is 19.1. The molecule has 4 aromatic rings. The van der Waals surface area contributed by atoms with Gasteiger partial charge >= 0.3 is 5.97 Å². The van der Waals surface area contributed by atoms with Gasteiger partial charge in [0.15, 0.2) is 17.3 Å². The van der Waals surface area contributed by atoms with Crippen molar-refractivity contribution in [1.82, 2.24) is 14.5 Å². The fraction of sp³-hybridized carbons (Fsp3) is 0.167. The summed E-state index contributed by atoms with van der Waals surface area (Å²) in [5.74, 6) is -3.46. The van der Waals surface area contributed by atoms with Crippen molar-refractivity contribution in [3.63, 3.8) is 0 Å². The molecule has 174 valence electrons. The molecule has 7 nitrogen and oxygen atoms in total. The van der Waals surface area contributed by atoms with Crippen LogP contribution in [0.5, 0.6) is 0 Å². The van der Waals surface area contributed by atoms with Gasteiger partial charge in [0.05, 0.1) is 28.2 Å². The van der Waals surface area contributed by atoms with E-state index in [1.165, 1.54) is 35.9 Å². The summed E-state index contributed by atoms with van der Waals surface area (Å²) in [6, 6.07) is 9.54. The lowest BCUT2D eigenvalue weighted by atomic mass is 10.0. The van der Waals surface area contributed by atoms with Crippen LogP contribution in [0.25, 0.3) is 22.3 Å². The summed E-state index contributed by atoms with van der Waals surface area (Å²) in [5, 5.41) is 12.9. The molecule has 2 aromatic heterocycles. The van der Waals surface area contributed by atoms with Gasteiger partial charge in [-0.25, -0.2) is 23.5 Å². The number of fused-ring (bicyclic) bond motifs is 1. The molecule has 2 heterocycles. The Morgan fingerprint density at radius 2 is 1.91 bits per heavy atom. The van der Waals surface area contributed by atoms with Crippen molar-refractivity contribution in [1.29, 1.82) is 0 Å². The number of pyridine rings is 1. The third kappa shape index (κ3) is 4.10. The number of carboxylic acids is 1. The molecule has 0 aliphatic carbocycles. The van der Waals surface area contributed by atoms with E-state index < -0.39 is 29.2 Å². The van der Waals surface area contributed by atoms with Crippen LogP contribution in [0.4, 0.5) is 14.5 Å². The average Bonchev–Trinajstić information content (AvgIpc) is 2.79. The number of hydrogen-bond donors (Lipinski definition) is 2. The van der Waals surface area contributed by atoms with Crippen molar-refractivity contribution in [2.75, 3.05) is 5.32 Å². The van der Waals surface area contributed by atoms with Gasteiger partial charge in [-0.3, -0.25) is 9.36 Å². The van der Waals surface area contributed by atoms with Crippen molar-refractivity contribution in [2.45, 2.75) is 19.9 Å². The molecule has 0 spiro atoms. The zero-order valence-electron chi connectivity index (χ0n) is 18.4. The first kappa shape index (κ1) is 23.3. The topological polar surface area (TPSA) is 97.1 Å². The van der Waals surface area contributed by atoms with E-state index in [1.807, 2.05) is 6.92 Å². The quantitative estimate of drug-likeness (QED) is 0.382. The van der Waals surface area contributed by atoms with Gasteiger partial charge < -0.3 is 10.4 Å². The molecule has 2 aromatic carbocycles. The number of benzene rings is 2. The van der Waals surface area contributed by atoms with Gasteiger partial charge in [-0.05, 0) is 49.7 Å². The molecule has 0 saturated carbocycles. The first-order valence-electron chi connectivity index (χ1n) is 10.2. The van der Waals surface area contributed by atoms with Gasteiger partial charge in [-0.1, -0.05) is 23.7 Å². The second-order valence-electron chi connectivity index (χ2n) is 7.85. The van der Waals surface area contributed by atoms with E-state index in [0.717, 1.165) is 11.6 Å². The highest BCUT2D eigenvalue weighted by atomic mass is 35.5. The van der Waals surface area contributed by atoms with Gasteiger partial charge in [-0.2, -0.15) is 0 Å². The number of nitrogens with one attached hydrogen (secondary N) is 1. The molecule has 0 aliphatic rings. The molecule has 0 amide bonds. The number of hydrogen-bond acceptors (Lipinski definition) is 5. The Morgan fingerprint density at radius 3 is 2.62 bits per heavy atom. The van der Waals surface area contributed by atoms with Gasteiger partial charge in [-0.15, -0.1) is 0 Å². The first-order valence-corrected chi connectivity index (χ1v) is 10.6. The number of carbonyl (C=O) groups is 1. The Kier molecular flexibility index (Phi) is 6.05. The van der Waals surface area contributed by atoms with Crippen LogP contribution < -0.4 is 10.9 Å². The van der Waals surface area contributed by atoms with Gasteiger partial charge in [0.25, 0.3) is 5.56 Å². The lowest BCUT2D eigenvalue weighted by Crippen LogP contribution is -2.22. The van der Waals surface area contributed by atoms with Crippen molar-refractivity contribution < 1.29 is 18.7 Å². The third-order valence-corrected chi connectivity index (χ3v) is 5.66. The van der Waals surface area contributed by atoms with E-state index in [9.17, 15) is 23.5 Å². The van der Waals surface area contributed by atoms with E-state index >= 15 is 0 Å². The molecule has 4 rings (SSSR count). The van der Waals surface area contributed by atoms with Crippen LogP contribution in [-0.4, -0.2) is 25.6 Å². The third-order valence-electron chi connectivity index (χ3n) is 5.45. The average molecular weight is 485 g/mol. The van der Waals surface area contributed by atoms with Crippen molar-refractivity contribution in [3.05, 3.63) is 86.4 Å². The maximum absolute atomic E-state index is 14.5. The van der Waals surface area contributed by atoms with Crippen LogP contribution in [0.1, 0.15) is 34.6 Å². The number of aryl methyl sites for hydroxylation is 1. The predicted molar refractivity (Wildman–Crippen MR) is 125 cm³/mol. The zero-order chi connectivity index (χ0) is 24.7. The summed E-state index contributed by atoms with van der Waals surface area (Å²) in [7, 11) is 1.44. The molecular weight excluding hydrogens is 466 g/mol. The Morgan fingerprint density at radius 1 is 1.18 bits per heavy atom. The number of nitrogens with zero attached hydrogens (tertiary/aromatic N) is 3. The second kappa shape index (κ2) is 8.83. The monoisotopic (exact) mass is 484 g/mol. The maximum Gasteiger partial charge on any atom is 0.356 e. The smallest absolute Gasteiger partial charge is 0.356 e. The summed E-state index contributed by atoms with van der Waals surface area (Å²) in [4.78, 5) is 33.2. The molecule has 1 atom stereocenters. The van der Waals surface area contributed by atoms with E-state index in [0.29, 0.717) is 10.9 Å². The molecule has 34 heavy (non-hydrogen) atoms. The number of carboxylic acid groups (broad SMARTS) is 1. The molecule has 10 heteroatoms. The van der Waals surface area contributed by atoms with E-state index in [2.05, 4.69) is 15.3 Å². The molecule has 0 saturated heterocycles. The SMILES string of the molecule is Cc1cc([C@@H](C)Nc2ccc(Cl)nc2C(=O)O)c2nc(-c3cccc(F)c3F)n(C)c(=O)c2c1. The lowest BCUT2D eigenvalue weighted by Gasteiger charge is -2.20. The molecule has 2 N–H and O–H groups in total.